The summed E-state index contributed by atoms with van der Waals surface area (Å²) in [4.78, 5) is 20.8. The first-order valence-corrected chi connectivity index (χ1v) is 10.6. The van der Waals surface area contributed by atoms with E-state index >= 15 is 0 Å². The van der Waals surface area contributed by atoms with E-state index in [1.807, 2.05) is 0 Å². The van der Waals surface area contributed by atoms with Crippen LogP contribution in [0.4, 0.5) is 13.2 Å². The normalized spacial score (nSPS) is 15.2. The van der Waals surface area contributed by atoms with Crippen molar-refractivity contribution in [2.75, 3.05) is 52.5 Å². The number of unbranched alkanes of at least 4 members (excludes halogenated alkanes) is 3. The zero-order valence-electron chi connectivity index (χ0n) is 17.2. The molecule has 1 aromatic heterocycles. The molecule has 0 saturated carbocycles. The van der Waals surface area contributed by atoms with E-state index in [1.54, 1.807) is 4.90 Å². The number of pyridine rings is 1. The van der Waals surface area contributed by atoms with Crippen molar-refractivity contribution in [1.82, 2.24) is 14.8 Å². The molecule has 0 radical (unpaired) electrons. The lowest BCUT2D eigenvalue weighted by Crippen LogP contribution is -2.43. The number of rotatable bonds is 11. The lowest BCUT2D eigenvalue weighted by molar-refractivity contribution is -0.154. The average molecular weight is 452 g/mol. The lowest BCUT2D eigenvalue weighted by Gasteiger charge is -2.30. The Labute approximate surface area is 180 Å². The van der Waals surface area contributed by atoms with Crippen molar-refractivity contribution in [1.29, 1.82) is 0 Å². The maximum atomic E-state index is 13.0. The molecule has 10 heteroatoms. The molecule has 1 saturated heterocycles. The molecule has 1 fully saturated rings. The molecular formula is C20H29ClF3N3O3. The molecule has 1 aromatic rings. The molecule has 0 N–H and O–H groups in total. The van der Waals surface area contributed by atoms with Gasteiger partial charge in [0.2, 0.25) is 5.88 Å². The number of carbonyl (C=O) groups excluding carboxylic acids is 1. The molecule has 0 aromatic carbocycles. The van der Waals surface area contributed by atoms with Gasteiger partial charge in [0.05, 0.1) is 18.8 Å². The van der Waals surface area contributed by atoms with Crippen LogP contribution in [-0.2, 0) is 4.74 Å². The van der Waals surface area contributed by atoms with Crippen LogP contribution in [0.3, 0.4) is 0 Å². The fourth-order valence-electron chi connectivity index (χ4n) is 3.11. The number of hydrogen-bond acceptors (Lipinski definition) is 5. The monoisotopic (exact) mass is 451 g/mol. The molecule has 2 heterocycles. The minimum Gasteiger partial charge on any atom is -0.467 e. The number of morpholine rings is 1. The summed E-state index contributed by atoms with van der Waals surface area (Å²) < 4.78 is 46.9. The molecule has 1 aliphatic heterocycles. The Morgan fingerprint density at radius 2 is 2.00 bits per heavy atom. The van der Waals surface area contributed by atoms with Gasteiger partial charge in [-0.3, -0.25) is 9.69 Å². The van der Waals surface area contributed by atoms with E-state index in [2.05, 4.69) is 21.5 Å². The zero-order chi connectivity index (χ0) is 22.0. The summed E-state index contributed by atoms with van der Waals surface area (Å²) in [7, 11) is 0. The number of ether oxygens (including phenoxy) is 2. The first kappa shape index (κ1) is 24.7. The Morgan fingerprint density at radius 1 is 1.27 bits per heavy atom. The highest BCUT2D eigenvalue weighted by atomic mass is 35.5. The molecule has 170 valence electrons. The number of aromatic nitrogens is 1. The van der Waals surface area contributed by atoms with Crippen LogP contribution in [0.2, 0.25) is 5.02 Å². The summed E-state index contributed by atoms with van der Waals surface area (Å²) in [5.74, 6) is -0.579. The van der Waals surface area contributed by atoms with Gasteiger partial charge in [-0.15, -0.1) is 0 Å². The highest BCUT2D eigenvalue weighted by molar-refractivity contribution is 6.32. The van der Waals surface area contributed by atoms with E-state index in [1.165, 1.54) is 12.3 Å². The summed E-state index contributed by atoms with van der Waals surface area (Å²) in [6, 6.07) is 1.32. The Morgan fingerprint density at radius 3 is 2.63 bits per heavy atom. The predicted octanol–water partition coefficient (Wildman–Crippen LogP) is 4.03. The summed E-state index contributed by atoms with van der Waals surface area (Å²) in [5.41, 5.74) is 0.233. The summed E-state index contributed by atoms with van der Waals surface area (Å²) in [6.45, 7) is 5.55. The molecule has 0 aliphatic carbocycles. The Kier molecular flexibility index (Phi) is 10.1. The standard InChI is InChI=1S/C20H29ClF3N3O3/c1-2-3-4-5-6-27(8-7-26-9-11-29-12-10-26)19(28)16-13-17(21)18(25-14-16)30-15-20(22,23)24/h13-14H,2-12,15H2,1H3. The van der Waals surface area contributed by atoms with Crippen molar-refractivity contribution in [3.8, 4) is 5.88 Å². The van der Waals surface area contributed by atoms with Crippen molar-refractivity contribution >= 4 is 17.5 Å². The van der Waals surface area contributed by atoms with Crippen molar-refractivity contribution < 1.29 is 27.4 Å². The highest BCUT2D eigenvalue weighted by Crippen LogP contribution is 2.25. The highest BCUT2D eigenvalue weighted by Gasteiger charge is 2.29. The SMILES string of the molecule is CCCCCCN(CCN1CCOCC1)C(=O)c1cnc(OCC(F)(F)F)c(Cl)c1. The van der Waals surface area contributed by atoms with Gasteiger partial charge < -0.3 is 14.4 Å². The lowest BCUT2D eigenvalue weighted by atomic mass is 10.2. The third kappa shape index (κ3) is 8.65. The van der Waals surface area contributed by atoms with Crippen molar-refractivity contribution in [2.45, 2.75) is 38.8 Å². The van der Waals surface area contributed by atoms with Crippen LogP contribution in [-0.4, -0.2) is 79.4 Å². The Balaban J connectivity index is 2.01. The summed E-state index contributed by atoms with van der Waals surface area (Å²) in [5, 5.41) is -0.121. The van der Waals surface area contributed by atoms with E-state index < -0.39 is 12.8 Å². The fraction of sp³-hybridized carbons (Fsp3) is 0.700. The van der Waals surface area contributed by atoms with Crippen LogP contribution in [0.15, 0.2) is 12.3 Å². The first-order chi connectivity index (χ1) is 14.3. The number of halogens is 4. The second kappa shape index (κ2) is 12.3. The van der Waals surface area contributed by atoms with Gasteiger partial charge in [0, 0.05) is 38.9 Å². The van der Waals surface area contributed by atoms with Gasteiger partial charge in [-0.2, -0.15) is 13.2 Å². The molecule has 1 aliphatic rings. The largest absolute Gasteiger partial charge is 0.467 e. The maximum absolute atomic E-state index is 13.0. The van der Waals surface area contributed by atoms with Crippen molar-refractivity contribution in [3.05, 3.63) is 22.8 Å². The molecule has 1 amide bonds. The number of alkyl halides is 3. The third-order valence-corrected chi connectivity index (χ3v) is 5.06. The second-order valence-corrected chi connectivity index (χ2v) is 7.63. The summed E-state index contributed by atoms with van der Waals surface area (Å²) in [6.07, 6.45) is 0.838. The topological polar surface area (TPSA) is 54.9 Å². The van der Waals surface area contributed by atoms with Crippen LogP contribution in [0.1, 0.15) is 43.0 Å². The van der Waals surface area contributed by atoms with Crippen molar-refractivity contribution in [2.24, 2.45) is 0 Å². The molecular weight excluding hydrogens is 423 g/mol. The Bertz CT molecular complexity index is 670. The van der Waals surface area contributed by atoms with Crippen LogP contribution in [0, 0.1) is 0 Å². The fourth-order valence-corrected chi connectivity index (χ4v) is 3.33. The smallest absolute Gasteiger partial charge is 0.422 e. The molecule has 0 bridgehead atoms. The number of hydrogen-bond donors (Lipinski definition) is 0. The minimum absolute atomic E-state index is 0.121. The van der Waals surface area contributed by atoms with E-state index in [-0.39, 0.29) is 22.4 Å². The molecule has 2 rings (SSSR count). The van der Waals surface area contributed by atoms with Gasteiger partial charge in [-0.1, -0.05) is 37.8 Å². The molecule has 0 spiro atoms. The van der Waals surface area contributed by atoms with Crippen molar-refractivity contribution in [3.63, 3.8) is 0 Å². The third-order valence-electron chi connectivity index (χ3n) is 4.79. The molecule has 0 unspecified atom stereocenters. The zero-order valence-corrected chi connectivity index (χ0v) is 18.0. The number of amides is 1. The van der Waals surface area contributed by atoms with Crippen LogP contribution >= 0.6 is 11.6 Å². The Hall–Kier alpha value is -1.58. The average Bonchev–Trinajstić information content (AvgIpc) is 2.72. The number of carbonyl (C=O) groups is 1. The van der Waals surface area contributed by atoms with Gasteiger partial charge in [-0.05, 0) is 12.5 Å². The van der Waals surface area contributed by atoms with Crippen LogP contribution in [0.5, 0.6) is 5.88 Å². The van der Waals surface area contributed by atoms with E-state index in [4.69, 9.17) is 16.3 Å². The maximum Gasteiger partial charge on any atom is 0.422 e. The molecule has 0 atom stereocenters. The molecule has 30 heavy (non-hydrogen) atoms. The summed E-state index contributed by atoms with van der Waals surface area (Å²) >= 11 is 6.00. The van der Waals surface area contributed by atoms with E-state index in [0.29, 0.717) is 26.3 Å². The van der Waals surface area contributed by atoms with Gasteiger partial charge in [0.1, 0.15) is 5.02 Å². The van der Waals surface area contributed by atoms with E-state index in [9.17, 15) is 18.0 Å². The van der Waals surface area contributed by atoms with E-state index in [0.717, 1.165) is 45.3 Å². The number of nitrogens with zero attached hydrogens (tertiary/aromatic N) is 3. The second-order valence-electron chi connectivity index (χ2n) is 7.22. The minimum atomic E-state index is -4.49. The molecule has 6 nitrogen and oxygen atoms in total. The van der Waals surface area contributed by atoms with Crippen LogP contribution < -0.4 is 4.74 Å². The van der Waals surface area contributed by atoms with Gasteiger partial charge in [0.15, 0.2) is 6.61 Å². The first-order valence-electron chi connectivity index (χ1n) is 10.2. The quantitative estimate of drug-likeness (QED) is 0.475. The van der Waals surface area contributed by atoms with Gasteiger partial charge in [0.25, 0.3) is 5.91 Å². The van der Waals surface area contributed by atoms with Gasteiger partial charge >= 0.3 is 6.18 Å². The predicted molar refractivity (Wildman–Crippen MR) is 108 cm³/mol. The van der Waals surface area contributed by atoms with Crippen LogP contribution in [0.25, 0.3) is 0 Å². The van der Waals surface area contributed by atoms with Gasteiger partial charge in [-0.25, -0.2) is 4.98 Å².